The highest BCUT2D eigenvalue weighted by Gasteiger charge is 2.33. The molecule has 0 aliphatic rings. The number of rotatable bonds is 13. The summed E-state index contributed by atoms with van der Waals surface area (Å²) in [4.78, 5) is 0. The van der Waals surface area contributed by atoms with E-state index in [9.17, 15) is 0 Å². The highest BCUT2D eigenvalue weighted by atomic mass is 28.3. The predicted octanol–water partition coefficient (Wildman–Crippen LogP) is -0.0315. The van der Waals surface area contributed by atoms with Gasteiger partial charge in [0.15, 0.2) is 0 Å². The minimum atomic E-state index is -2.07. The van der Waals surface area contributed by atoms with Crippen molar-refractivity contribution in [2.75, 3.05) is 33.9 Å². The minimum Gasteiger partial charge on any atom is -0.379 e. The molecule has 6 N–H and O–H groups in total. The summed E-state index contributed by atoms with van der Waals surface area (Å²) in [6, 6.07) is 0. The lowest BCUT2D eigenvalue weighted by Gasteiger charge is -2.36. The summed E-state index contributed by atoms with van der Waals surface area (Å²) in [7, 11) is 1.18. The second kappa shape index (κ2) is 11.8. The van der Waals surface area contributed by atoms with Crippen LogP contribution in [0.1, 0.15) is 38.5 Å². The van der Waals surface area contributed by atoms with Crippen LogP contribution in [0.4, 0.5) is 0 Å². The molecule has 0 aromatic rings. The van der Waals surface area contributed by atoms with Gasteiger partial charge in [0.2, 0.25) is 0 Å². The molecule has 0 spiro atoms. The first-order valence-corrected chi connectivity index (χ1v) is 8.43. The van der Waals surface area contributed by atoms with Crippen molar-refractivity contribution >= 4 is 9.53 Å². The van der Waals surface area contributed by atoms with Gasteiger partial charge in [-0.3, -0.25) is 0 Å². The minimum absolute atomic E-state index is 0.249. The molecule has 0 heterocycles. The summed E-state index contributed by atoms with van der Waals surface area (Å²) < 4.78 is 16.8. The molecule has 6 nitrogen and oxygen atoms in total. The topological polar surface area (TPSA) is 106 Å². The molecular formula is C12H31N3O3Si. The molecule has 116 valence electrons. The summed E-state index contributed by atoms with van der Waals surface area (Å²) in [5, 5.41) is 0. The van der Waals surface area contributed by atoms with Crippen LogP contribution in [0.5, 0.6) is 0 Å². The normalized spacial score (nSPS) is 12.3. The SMILES string of the molecule is CO[SiH](OC)OC(CCCN)(CCCN)CCCN. The molecule has 19 heavy (non-hydrogen) atoms. The first-order valence-electron chi connectivity index (χ1n) is 7.01. The molecule has 0 fully saturated rings. The summed E-state index contributed by atoms with van der Waals surface area (Å²) >= 11 is 0. The maximum atomic E-state index is 6.17. The van der Waals surface area contributed by atoms with Gasteiger partial charge in [0.1, 0.15) is 0 Å². The largest absolute Gasteiger partial charge is 0.484 e. The van der Waals surface area contributed by atoms with Crippen molar-refractivity contribution < 1.29 is 13.3 Å². The van der Waals surface area contributed by atoms with E-state index in [2.05, 4.69) is 0 Å². The monoisotopic (exact) mass is 293 g/mol. The van der Waals surface area contributed by atoms with E-state index in [1.165, 1.54) is 0 Å². The van der Waals surface area contributed by atoms with E-state index in [-0.39, 0.29) is 5.60 Å². The fraction of sp³-hybridized carbons (Fsp3) is 1.00. The first kappa shape index (κ1) is 19.0. The summed E-state index contributed by atoms with van der Waals surface area (Å²) in [5.41, 5.74) is 16.6. The summed E-state index contributed by atoms with van der Waals surface area (Å²) in [5.74, 6) is 0. The molecule has 0 rings (SSSR count). The van der Waals surface area contributed by atoms with Gasteiger partial charge in [-0.25, -0.2) is 0 Å². The van der Waals surface area contributed by atoms with Crippen molar-refractivity contribution in [1.29, 1.82) is 0 Å². The van der Waals surface area contributed by atoms with Gasteiger partial charge in [-0.2, -0.15) is 0 Å². The van der Waals surface area contributed by atoms with Crippen molar-refractivity contribution in [3.63, 3.8) is 0 Å². The van der Waals surface area contributed by atoms with E-state index in [4.69, 9.17) is 30.5 Å². The molecule has 0 aliphatic carbocycles. The first-order chi connectivity index (χ1) is 9.17. The van der Waals surface area contributed by atoms with E-state index in [0.717, 1.165) is 38.5 Å². The Morgan fingerprint density at radius 2 is 1.16 bits per heavy atom. The van der Waals surface area contributed by atoms with E-state index in [0.29, 0.717) is 19.6 Å². The Morgan fingerprint density at radius 3 is 1.42 bits per heavy atom. The molecule has 0 radical (unpaired) electrons. The molecule has 0 saturated heterocycles. The van der Waals surface area contributed by atoms with Crippen LogP contribution in [-0.2, 0) is 13.3 Å². The van der Waals surface area contributed by atoms with Gasteiger partial charge in [-0.1, -0.05) is 0 Å². The Balaban J connectivity index is 4.74. The third-order valence-corrected chi connectivity index (χ3v) is 4.70. The molecule has 0 aliphatic heterocycles. The summed E-state index contributed by atoms with van der Waals surface area (Å²) in [6.45, 7) is 1.97. The third kappa shape index (κ3) is 7.98. The van der Waals surface area contributed by atoms with Crippen molar-refractivity contribution in [2.45, 2.75) is 44.1 Å². The molecule has 0 saturated carbocycles. The predicted molar refractivity (Wildman–Crippen MR) is 79.8 cm³/mol. The van der Waals surface area contributed by atoms with Gasteiger partial charge < -0.3 is 30.5 Å². The molecule has 0 bridgehead atoms. The van der Waals surface area contributed by atoms with Crippen LogP contribution >= 0.6 is 0 Å². The van der Waals surface area contributed by atoms with E-state index in [1.54, 1.807) is 14.2 Å². The van der Waals surface area contributed by atoms with Crippen LogP contribution in [0.2, 0.25) is 0 Å². The van der Waals surface area contributed by atoms with Crippen LogP contribution in [0, 0.1) is 0 Å². The average Bonchev–Trinajstić information content (AvgIpc) is 2.45. The molecular weight excluding hydrogens is 262 g/mol. The second-order valence-corrected chi connectivity index (χ2v) is 6.49. The average molecular weight is 293 g/mol. The van der Waals surface area contributed by atoms with Gasteiger partial charge in [-0.05, 0) is 58.2 Å². The maximum Gasteiger partial charge on any atom is 0.484 e. The van der Waals surface area contributed by atoms with E-state index >= 15 is 0 Å². The lowest BCUT2D eigenvalue weighted by Crippen LogP contribution is -2.42. The zero-order chi connectivity index (χ0) is 14.6. The van der Waals surface area contributed by atoms with E-state index in [1.807, 2.05) is 0 Å². The smallest absolute Gasteiger partial charge is 0.379 e. The van der Waals surface area contributed by atoms with Crippen molar-refractivity contribution in [3.05, 3.63) is 0 Å². The van der Waals surface area contributed by atoms with Gasteiger partial charge >= 0.3 is 9.53 Å². The van der Waals surface area contributed by atoms with Gasteiger partial charge in [0.25, 0.3) is 0 Å². The Kier molecular flexibility index (Phi) is 11.8. The number of hydrogen-bond acceptors (Lipinski definition) is 6. The Labute approximate surface area is 118 Å². The fourth-order valence-corrected chi connectivity index (χ4v) is 3.37. The highest BCUT2D eigenvalue weighted by Crippen LogP contribution is 2.30. The number of nitrogens with two attached hydrogens (primary N) is 3. The van der Waals surface area contributed by atoms with Crippen molar-refractivity contribution in [1.82, 2.24) is 0 Å². The Bertz CT molecular complexity index is 185. The second-order valence-electron chi connectivity index (χ2n) is 4.74. The quantitative estimate of drug-likeness (QED) is 0.412. The third-order valence-electron chi connectivity index (χ3n) is 3.24. The molecule has 0 aromatic heterocycles. The lowest BCUT2D eigenvalue weighted by atomic mass is 9.87. The van der Waals surface area contributed by atoms with Gasteiger partial charge in [-0.15, -0.1) is 0 Å². The van der Waals surface area contributed by atoms with Gasteiger partial charge in [0, 0.05) is 14.2 Å². The van der Waals surface area contributed by atoms with Crippen molar-refractivity contribution in [3.8, 4) is 0 Å². The maximum absolute atomic E-state index is 6.17. The Hall–Kier alpha value is -0.0231. The number of hydrogen-bond donors (Lipinski definition) is 3. The fourth-order valence-electron chi connectivity index (χ4n) is 2.22. The Morgan fingerprint density at radius 1 is 0.789 bits per heavy atom. The van der Waals surface area contributed by atoms with E-state index < -0.39 is 9.53 Å². The molecule has 0 unspecified atom stereocenters. The van der Waals surface area contributed by atoms with Crippen LogP contribution in [0.3, 0.4) is 0 Å². The zero-order valence-electron chi connectivity index (χ0n) is 12.4. The molecule has 0 atom stereocenters. The zero-order valence-corrected chi connectivity index (χ0v) is 13.6. The highest BCUT2D eigenvalue weighted by molar-refractivity contribution is 6.36. The lowest BCUT2D eigenvalue weighted by molar-refractivity contribution is -0.0176. The summed E-state index contributed by atoms with van der Waals surface area (Å²) in [6.07, 6.45) is 5.47. The van der Waals surface area contributed by atoms with Crippen LogP contribution in [-0.4, -0.2) is 49.0 Å². The standard InChI is InChI=1S/C12H31N3O3Si/c1-16-19(17-2)18-12(6-3-9-13,7-4-10-14)8-5-11-15/h19H,3-11,13-15H2,1-2H3. The molecule has 0 amide bonds. The van der Waals surface area contributed by atoms with Crippen LogP contribution in [0.15, 0.2) is 0 Å². The molecule has 7 heteroatoms. The van der Waals surface area contributed by atoms with Crippen LogP contribution < -0.4 is 17.2 Å². The van der Waals surface area contributed by atoms with Gasteiger partial charge in [0.05, 0.1) is 5.60 Å². The molecule has 0 aromatic carbocycles. The van der Waals surface area contributed by atoms with Crippen molar-refractivity contribution in [2.24, 2.45) is 17.2 Å². The van der Waals surface area contributed by atoms with Crippen LogP contribution in [0.25, 0.3) is 0 Å².